The molecule has 1 rings (SSSR count). The van der Waals surface area contributed by atoms with E-state index in [1.165, 1.54) is 5.56 Å². The zero-order valence-electron chi connectivity index (χ0n) is 12.7. The molecular formula is C15H23N3OS. The molecule has 1 aromatic carbocycles. The number of nitrogens with one attached hydrogen (secondary N) is 3. The van der Waals surface area contributed by atoms with Crippen LogP contribution in [0.4, 0.5) is 0 Å². The number of hydrogen-bond donors (Lipinski definition) is 3. The van der Waals surface area contributed by atoms with Crippen molar-refractivity contribution < 1.29 is 4.79 Å². The van der Waals surface area contributed by atoms with Crippen LogP contribution in [-0.4, -0.2) is 16.6 Å². The van der Waals surface area contributed by atoms with E-state index in [2.05, 4.69) is 30.0 Å². The first kappa shape index (κ1) is 16.4. The van der Waals surface area contributed by atoms with Crippen molar-refractivity contribution in [2.45, 2.75) is 46.1 Å². The molecule has 0 saturated carbocycles. The lowest BCUT2D eigenvalue weighted by Crippen LogP contribution is -2.52. The molecule has 0 aliphatic heterocycles. The van der Waals surface area contributed by atoms with Crippen LogP contribution >= 0.6 is 12.2 Å². The SMILES string of the molecule is CC(C)c1ccc(C(=O)NNC(=S)NC(C)(C)C)cc1. The molecule has 4 nitrogen and oxygen atoms in total. The van der Waals surface area contributed by atoms with Crippen molar-refractivity contribution in [2.24, 2.45) is 0 Å². The lowest BCUT2D eigenvalue weighted by Gasteiger charge is -2.23. The minimum Gasteiger partial charge on any atom is -0.357 e. The van der Waals surface area contributed by atoms with Crippen LogP contribution in [-0.2, 0) is 0 Å². The molecule has 0 unspecified atom stereocenters. The molecule has 0 radical (unpaired) electrons. The summed E-state index contributed by atoms with van der Waals surface area (Å²) in [4.78, 5) is 11.9. The molecule has 110 valence electrons. The van der Waals surface area contributed by atoms with Gasteiger partial charge >= 0.3 is 0 Å². The Morgan fingerprint density at radius 2 is 1.65 bits per heavy atom. The minimum atomic E-state index is -0.210. The number of hydrazine groups is 1. The first-order chi connectivity index (χ1) is 9.19. The first-order valence-electron chi connectivity index (χ1n) is 6.67. The van der Waals surface area contributed by atoms with E-state index in [0.717, 1.165) is 0 Å². The van der Waals surface area contributed by atoms with Gasteiger partial charge in [-0.05, 0) is 56.6 Å². The van der Waals surface area contributed by atoms with Gasteiger partial charge in [-0.2, -0.15) is 0 Å². The van der Waals surface area contributed by atoms with Crippen LogP contribution < -0.4 is 16.2 Å². The lowest BCUT2D eigenvalue weighted by molar-refractivity contribution is 0.0943. The zero-order valence-corrected chi connectivity index (χ0v) is 13.5. The van der Waals surface area contributed by atoms with E-state index < -0.39 is 0 Å². The Balaban J connectivity index is 2.53. The Morgan fingerprint density at radius 1 is 1.10 bits per heavy atom. The Labute approximate surface area is 126 Å². The Kier molecular flexibility index (Phi) is 5.51. The average Bonchev–Trinajstić information content (AvgIpc) is 2.34. The van der Waals surface area contributed by atoms with Gasteiger partial charge < -0.3 is 5.32 Å². The fourth-order valence-corrected chi connectivity index (χ4v) is 1.93. The quantitative estimate of drug-likeness (QED) is 0.580. The topological polar surface area (TPSA) is 53.2 Å². The molecule has 0 spiro atoms. The van der Waals surface area contributed by atoms with Crippen molar-refractivity contribution in [3.05, 3.63) is 35.4 Å². The van der Waals surface area contributed by atoms with Crippen molar-refractivity contribution in [1.29, 1.82) is 0 Å². The summed E-state index contributed by atoms with van der Waals surface area (Å²) in [6, 6.07) is 7.55. The Morgan fingerprint density at radius 3 is 2.10 bits per heavy atom. The fourth-order valence-electron chi connectivity index (χ4n) is 1.58. The summed E-state index contributed by atoms with van der Waals surface area (Å²) < 4.78 is 0. The maximum Gasteiger partial charge on any atom is 0.269 e. The van der Waals surface area contributed by atoms with Gasteiger partial charge in [-0.1, -0.05) is 26.0 Å². The Hall–Kier alpha value is -1.62. The van der Waals surface area contributed by atoms with E-state index in [4.69, 9.17) is 12.2 Å². The van der Waals surface area contributed by atoms with Crippen LogP contribution in [0.1, 0.15) is 56.5 Å². The third kappa shape index (κ3) is 5.57. The molecule has 1 aromatic rings. The number of amides is 1. The van der Waals surface area contributed by atoms with Crippen LogP contribution in [0.2, 0.25) is 0 Å². The van der Waals surface area contributed by atoms with Gasteiger partial charge in [0.1, 0.15) is 0 Å². The molecular weight excluding hydrogens is 270 g/mol. The van der Waals surface area contributed by atoms with Crippen molar-refractivity contribution in [1.82, 2.24) is 16.2 Å². The molecule has 20 heavy (non-hydrogen) atoms. The van der Waals surface area contributed by atoms with E-state index in [1.807, 2.05) is 45.0 Å². The zero-order chi connectivity index (χ0) is 15.3. The second-order valence-corrected chi connectivity index (χ2v) is 6.47. The molecule has 1 amide bonds. The summed E-state index contributed by atoms with van der Waals surface area (Å²) in [6.07, 6.45) is 0. The van der Waals surface area contributed by atoms with Gasteiger partial charge in [0, 0.05) is 11.1 Å². The van der Waals surface area contributed by atoms with E-state index in [0.29, 0.717) is 16.6 Å². The van der Waals surface area contributed by atoms with Crippen LogP contribution in [0.3, 0.4) is 0 Å². The summed E-state index contributed by atoms with van der Waals surface area (Å²) in [5, 5.41) is 3.45. The number of thiocarbonyl (C=S) groups is 1. The minimum absolute atomic E-state index is 0.145. The van der Waals surface area contributed by atoms with Gasteiger partial charge in [0.05, 0.1) is 0 Å². The number of carbonyl (C=O) groups excluding carboxylic acids is 1. The third-order valence-electron chi connectivity index (χ3n) is 2.62. The molecule has 0 saturated heterocycles. The molecule has 0 atom stereocenters. The van der Waals surface area contributed by atoms with Crippen LogP contribution in [0.25, 0.3) is 0 Å². The molecule has 0 fully saturated rings. The fraction of sp³-hybridized carbons (Fsp3) is 0.467. The van der Waals surface area contributed by atoms with Gasteiger partial charge in [0.15, 0.2) is 5.11 Å². The van der Waals surface area contributed by atoms with Gasteiger partial charge in [-0.25, -0.2) is 0 Å². The first-order valence-corrected chi connectivity index (χ1v) is 7.08. The molecule has 0 aromatic heterocycles. The molecule has 5 heteroatoms. The molecule has 0 heterocycles. The van der Waals surface area contributed by atoms with Crippen molar-refractivity contribution in [3.8, 4) is 0 Å². The highest BCUT2D eigenvalue weighted by Crippen LogP contribution is 2.14. The normalized spacial score (nSPS) is 11.1. The summed E-state index contributed by atoms with van der Waals surface area (Å²) >= 11 is 5.09. The van der Waals surface area contributed by atoms with Crippen molar-refractivity contribution in [3.63, 3.8) is 0 Å². The van der Waals surface area contributed by atoms with Crippen molar-refractivity contribution in [2.75, 3.05) is 0 Å². The van der Waals surface area contributed by atoms with E-state index in [1.54, 1.807) is 0 Å². The highest BCUT2D eigenvalue weighted by atomic mass is 32.1. The second kappa shape index (κ2) is 6.70. The van der Waals surface area contributed by atoms with Crippen LogP contribution in [0, 0.1) is 0 Å². The molecule has 0 aliphatic carbocycles. The van der Waals surface area contributed by atoms with Crippen LogP contribution in [0.15, 0.2) is 24.3 Å². The monoisotopic (exact) mass is 293 g/mol. The highest BCUT2D eigenvalue weighted by Gasteiger charge is 2.12. The predicted molar refractivity (Wildman–Crippen MR) is 86.6 cm³/mol. The van der Waals surface area contributed by atoms with E-state index in [-0.39, 0.29) is 11.4 Å². The summed E-state index contributed by atoms with van der Waals surface area (Å²) in [5.74, 6) is 0.243. The maximum absolute atomic E-state index is 11.9. The number of hydrogen-bond acceptors (Lipinski definition) is 2. The summed E-state index contributed by atoms with van der Waals surface area (Å²) in [5.41, 5.74) is 6.93. The van der Waals surface area contributed by atoms with Gasteiger partial charge in [0.25, 0.3) is 5.91 Å². The predicted octanol–water partition coefficient (Wildman–Crippen LogP) is 2.72. The largest absolute Gasteiger partial charge is 0.357 e. The molecule has 0 bridgehead atoms. The standard InChI is InChI=1S/C15H23N3OS/c1-10(2)11-6-8-12(9-7-11)13(19)17-18-14(20)16-15(3,4)5/h6-10H,1-5H3,(H,17,19)(H2,16,18,20). The molecule has 3 N–H and O–H groups in total. The van der Waals surface area contributed by atoms with Gasteiger partial charge in [-0.15, -0.1) is 0 Å². The number of carbonyl (C=O) groups is 1. The summed E-state index contributed by atoms with van der Waals surface area (Å²) in [7, 11) is 0. The second-order valence-electron chi connectivity index (χ2n) is 6.06. The Bertz CT molecular complexity index is 475. The summed E-state index contributed by atoms with van der Waals surface area (Å²) in [6.45, 7) is 10.2. The van der Waals surface area contributed by atoms with Crippen LogP contribution in [0.5, 0.6) is 0 Å². The highest BCUT2D eigenvalue weighted by molar-refractivity contribution is 7.80. The lowest BCUT2D eigenvalue weighted by atomic mass is 10.0. The maximum atomic E-state index is 11.9. The molecule has 0 aliphatic rings. The average molecular weight is 293 g/mol. The van der Waals surface area contributed by atoms with E-state index >= 15 is 0 Å². The smallest absolute Gasteiger partial charge is 0.269 e. The van der Waals surface area contributed by atoms with Crippen molar-refractivity contribution >= 4 is 23.2 Å². The van der Waals surface area contributed by atoms with Gasteiger partial charge in [-0.3, -0.25) is 15.6 Å². The number of benzene rings is 1. The third-order valence-corrected chi connectivity index (χ3v) is 2.82. The number of rotatable bonds is 2. The van der Waals surface area contributed by atoms with E-state index in [9.17, 15) is 4.79 Å². The van der Waals surface area contributed by atoms with Gasteiger partial charge in [0.2, 0.25) is 0 Å².